The van der Waals surface area contributed by atoms with Crippen molar-refractivity contribution in [3.8, 4) is 0 Å². The van der Waals surface area contributed by atoms with Crippen LogP contribution in [0.1, 0.15) is 5.56 Å². The van der Waals surface area contributed by atoms with E-state index in [2.05, 4.69) is 16.4 Å². The van der Waals surface area contributed by atoms with E-state index in [1.54, 1.807) is 6.20 Å². The average molecular weight is 207 g/mol. The molecule has 0 aliphatic heterocycles. The predicted molar refractivity (Wildman–Crippen MR) is 59.5 cm³/mol. The third-order valence-corrected chi connectivity index (χ3v) is 2.49. The molecule has 72 valence electrons. The highest BCUT2D eigenvalue weighted by molar-refractivity contribution is 6.32. The number of pyridine rings is 1. The molecule has 1 N–H and O–H groups in total. The van der Waals surface area contributed by atoms with E-state index >= 15 is 0 Å². The Morgan fingerprint density at radius 3 is 3.07 bits per heavy atom. The third kappa shape index (κ3) is 1.72. The molecule has 0 aliphatic rings. The van der Waals surface area contributed by atoms with Crippen LogP contribution in [0.3, 0.4) is 0 Å². The number of aromatic nitrogens is 1. The van der Waals surface area contributed by atoms with Gasteiger partial charge in [-0.25, -0.2) is 0 Å². The first-order chi connectivity index (χ1) is 6.81. The van der Waals surface area contributed by atoms with Gasteiger partial charge in [-0.3, -0.25) is 4.98 Å². The van der Waals surface area contributed by atoms with Gasteiger partial charge < -0.3 is 5.32 Å². The van der Waals surface area contributed by atoms with Crippen molar-refractivity contribution in [3.05, 3.63) is 41.0 Å². The van der Waals surface area contributed by atoms with Crippen molar-refractivity contribution >= 4 is 22.5 Å². The lowest BCUT2D eigenvalue weighted by Gasteiger charge is -2.05. The van der Waals surface area contributed by atoms with Gasteiger partial charge in [0.05, 0.1) is 5.52 Å². The number of fused-ring (bicyclic) bond motifs is 1. The first-order valence-corrected chi connectivity index (χ1v) is 4.87. The minimum atomic E-state index is 0.769. The van der Waals surface area contributed by atoms with Crippen LogP contribution >= 0.6 is 11.6 Å². The van der Waals surface area contributed by atoms with Crippen LogP contribution in [-0.2, 0) is 6.54 Å². The van der Waals surface area contributed by atoms with Crippen molar-refractivity contribution in [1.82, 2.24) is 10.3 Å². The van der Waals surface area contributed by atoms with Crippen LogP contribution < -0.4 is 5.32 Å². The summed E-state index contributed by atoms with van der Waals surface area (Å²) in [6.07, 6.45) is 1.77. The summed E-state index contributed by atoms with van der Waals surface area (Å²) in [6, 6.07) is 7.95. The van der Waals surface area contributed by atoms with Gasteiger partial charge in [0.25, 0.3) is 0 Å². The second-order valence-electron chi connectivity index (χ2n) is 3.17. The summed E-state index contributed by atoms with van der Waals surface area (Å²) >= 11 is 6.10. The zero-order valence-corrected chi connectivity index (χ0v) is 8.67. The van der Waals surface area contributed by atoms with Gasteiger partial charge in [-0.1, -0.05) is 17.7 Å². The normalized spacial score (nSPS) is 10.7. The van der Waals surface area contributed by atoms with E-state index < -0.39 is 0 Å². The summed E-state index contributed by atoms with van der Waals surface area (Å²) in [6.45, 7) is 0.781. The highest BCUT2D eigenvalue weighted by Gasteiger charge is 2.02. The van der Waals surface area contributed by atoms with Crippen molar-refractivity contribution in [2.75, 3.05) is 7.05 Å². The summed E-state index contributed by atoms with van der Waals surface area (Å²) in [5.74, 6) is 0. The second kappa shape index (κ2) is 3.95. The largest absolute Gasteiger partial charge is 0.316 e. The number of nitrogens with zero attached hydrogens (tertiary/aromatic N) is 1. The topological polar surface area (TPSA) is 24.9 Å². The van der Waals surface area contributed by atoms with Crippen molar-refractivity contribution < 1.29 is 0 Å². The van der Waals surface area contributed by atoms with Crippen molar-refractivity contribution in [2.45, 2.75) is 6.54 Å². The molecule has 3 heteroatoms. The Hall–Kier alpha value is -1.12. The van der Waals surface area contributed by atoms with Crippen LogP contribution in [0.5, 0.6) is 0 Å². The fraction of sp³-hybridized carbons (Fsp3) is 0.182. The van der Waals surface area contributed by atoms with E-state index in [9.17, 15) is 0 Å². The fourth-order valence-corrected chi connectivity index (χ4v) is 1.69. The molecule has 0 aliphatic carbocycles. The summed E-state index contributed by atoms with van der Waals surface area (Å²) < 4.78 is 0. The molecule has 0 atom stereocenters. The summed E-state index contributed by atoms with van der Waals surface area (Å²) in [7, 11) is 1.91. The molecule has 1 heterocycles. The van der Waals surface area contributed by atoms with E-state index in [-0.39, 0.29) is 0 Å². The molecular weight excluding hydrogens is 196 g/mol. The minimum absolute atomic E-state index is 0.769. The van der Waals surface area contributed by atoms with Crippen LogP contribution in [0.2, 0.25) is 5.02 Å². The highest BCUT2D eigenvalue weighted by Crippen LogP contribution is 2.22. The van der Waals surface area contributed by atoms with Crippen LogP contribution in [0.4, 0.5) is 0 Å². The molecule has 14 heavy (non-hydrogen) atoms. The zero-order chi connectivity index (χ0) is 9.97. The van der Waals surface area contributed by atoms with E-state index in [1.165, 1.54) is 0 Å². The smallest absolute Gasteiger partial charge is 0.0716 e. The van der Waals surface area contributed by atoms with Crippen molar-refractivity contribution in [3.63, 3.8) is 0 Å². The molecule has 1 aromatic carbocycles. The highest BCUT2D eigenvalue weighted by atomic mass is 35.5. The van der Waals surface area contributed by atoms with Gasteiger partial charge in [0.15, 0.2) is 0 Å². The molecule has 2 aromatic rings. The molecule has 2 rings (SSSR count). The molecule has 0 spiro atoms. The van der Waals surface area contributed by atoms with Gasteiger partial charge in [-0.15, -0.1) is 0 Å². The average Bonchev–Trinajstić information content (AvgIpc) is 2.19. The molecule has 0 saturated carbocycles. The van der Waals surface area contributed by atoms with Gasteiger partial charge in [0, 0.05) is 23.2 Å². The summed E-state index contributed by atoms with van der Waals surface area (Å²) in [5.41, 5.74) is 2.05. The molecule has 0 amide bonds. The fourth-order valence-electron chi connectivity index (χ4n) is 1.47. The molecule has 0 unspecified atom stereocenters. The standard InChI is InChI=1S/C11H11ClN2/c1-13-7-9-5-8-3-2-4-14-11(8)6-10(9)12/h2-6,13H,7H2,1H3. The maximum Gasteiger partial charge on any atom is 0.0716 e. The van der Waals surface area contributed by atoms with Crippen LogP contribution in [0.15, 0.2) is 30.5 Å². The van der Waals surface area contributed by atoms with Gasteiger partial charge in [-0.2, -0.15) is 0 Å². The number of hydrogen-bond donors (Lipinski definition) is 1. The molecular formula is C11H11ClN2. The maximum absolute atomic E-state index is 6.10. The Bertz CT molecular complexity index is 454. The number of halogens is 1. The monoisotopic (exact) mass is 206 g/mol. The van der Waals surface area contributed by atoms with Crippen LogP contribution in [-0.4, -0.2) is 12.0 Å². The molecule has 1 aromatic heterocycles. The molecule has 0 fully saturated rings. The lowest BCUT2D eigenvalue weighted by atomic mass is 10.1. The number of benzene rings is 1. The quantitative estimate of drug-likeness (QED) is 0.817. The van der Waals surface area contributed by atoms with Gasteiger partial charge in [0.1, 0.15) is 0 Å². The van der Waals surface area contributed by atoms with Gasteiger partial charge >= 0.3 is 0 Å². The third-order valence-electron chi connectivity index (χ3n) is 2.14. The number of nitrogens with one attached hydrogen (secondary N) is 1. The zero-order valence-electron chi connectivity index (χ0n) is 7.92. The molecule has 0 bridgehead atoms. The Balaban J connectivity index is 2.59. The lowest BCUT2D eigenvalue weighted by Crippen LogP contribution is -2.05. The number of rotatable bonds is 2. The van der Waals surface area contributed by atoms with E-state index in [4.69, 9.17) is 11.6 Å². The van der Waals surface area contributed by atoms with Gasteiger partial charge in [-0.05, 0) is 30.8 Å². The molecule has 0 saturated heterocycles. The van der Waals surface area contributed by atoms with E-state index in [1.807, 2.05) is 25.2 Å². The summed E-state index contributed by atoms with van der Waals surface area (Å²) in [5, 5.41) is 4.98. The lowest BCUT2D eigenvalue weighted by molar-refractivity contribution is 0.819. The Morgan fingerprint density at radius 1 is 1.43 bits per heavy atom. The van der Waals surface area contributed by atoms with Crippen molar-refractivity contribution in [2.24, 2.45) is 0 Å². The first-order valence-electron chi connectivity index (χ1n) is 4.49. The first kappa shape index (κ1) is 9.44. The Kier molecular flexibility index (Phi) is 2.66. The molecule has 2 nitrogen and oxygen atoms in total. The summed E-state index contributed by atoms with van der Waals surface area (Å²) in [4.78, 5) is 4.24. The second-order valence-corrected chi connectivity index (χ2v) is 3.58. The maximum atomic E-state index is 6.10. The van der Waals surface area contributed by atoms with Crippen LogP contribution in [0, 0.1) is 0 Å². The van der Waals surface area contributed by atoms with Crippen molar-refractivity contribution in [1.29, 1.82) is 0 Å². The minimum Gasteiger partial charge on any atom is -0.316 e. The molecule has 0 radical (unpaired) electrons. The van der Waals surface area contributed by atoms with Gasteiger partial charge in [0.2, 0.25) is 0 Å². The number of hydrogen-bond acceptors (Lipinski definition) is 2. The Labute approximate surface area is 87.9 Å². The van der Waals surface area contributed by atoms with Crippen LogP contribution in [0.25, 0.3) is 10.9 Å². The van der Waals surface area contributed by atoms with E-state index in [0.29, 0.717) is 0 Å². The van der Waals surface area contributed by atoms with E-state index in [0.717, 1.165) is 28.0 Å². The SMILES string of the molecule is CNCc1cc2cccnc2cc1Cl. The Morgan fingerprint density at radius 2 is 2.29 bits per heavy atom. The predicted octanol–water partition coefficient (Wildman–Crippen LogP) is 2.61.